The van der Waals surface area contributed by atoms with Crippen LogP contribution in [-0.4, -0.2) is 57.1 Å². The second-order valence-electron chi connectivity index (χ2n) is 6.19. The molecule has 1 aromatic rings. The Labute approximate surface area is 141 Å². The third kappa shape index (κ3) is 2.97. The summed E-state index contributed by atoms with van der Waals surface area (Å²) >= 11 is 0. The number of benzene rings is 1. The van der Waals surface area contributed by atoms with Crippen molar-refractivity contribution < 1.29 is 23.4 Å². The van der Waals surface area contributed by atoms with E-state index >= 15 is 0 Å². The molecule has 0 aromatic heterocycles. The summed E-state index contributed by atoms with van der Waals surface area (Å²) in [4.78, 5) is 14.6. The van der Waals surface area contributed by atoms with E-state index in [0.29, 0.717) is 18.4 Å². The fourth-order valence-corrected chi connectivity index (χ4v) is 3.78. The predicted molar refractivity (Wildman–Crippen MR) is 86.7 cm³/mol. The van der Waals surface area contributed by atoms with Crippen molar-refractivity contribution in [2.24, 2.45) is 0 Å². The molecular weight excluding hydrogens is 313 g/mol. The molecule has 24 heavy (non-hydrogen) atoms. The first-order valence-corrected chi connectivity index (χ1v) is 7.96. The maximum absolute atomic E-state index is 13.3. The third-order valence-electron chi connectivity index (χ3n) is 4.97. The van der Waals surface area contributed by atoms with E-state index in [-0.39, 0.29) is 36.8 Å². The van der Waals surface area contributed by atoms with Crippen molar-refractivity contribution in [2.45, 2.75) is 31.0 Å². The molecule has 3 rings (SSSR count). The summed E-state index contributed by atoms with van der Waals surface area (Å²) < 4.78 is 29.1. The van der Waals surface area contributed by atoms with Gasteiger partial charge in [-0.3, -0.25) is 4.90 Å². The zero-order valence-corrected chi connectivity index (χ0v) is 14.1. The van der Waals surface area contributed by atoms with E-state index in [1.165, 1.54) is 19.2 Å². The maximum atomic E-state index is 13.3. The number of ether oxygens (including phenoxy) is 3. The van der Waals surface area contributed by atoms with Crippen LogP contribution in [0.5, 0.6) is 0 Å². The van der Waals surface area contributed by atoms with Gasteiger partial charge in [-0.25, -0.2) is 9.18 Å². The molecule has 1 fully saturated rings. The molecular formula is C18H22FNO4. The number of carbonyl (C=O) groups excluding carboxylic acids is 1. The first-order valence-electron chi connectivity index (χ1n) is 7.96. The van der Waals surface area contributed by atoms with Crippen molar-refractivity contribution in [3.63, 3.8) is 0 Å². The van der Waals surface area contributed by atoms with Gasteiger partial charge in [-0.1, -0.05) is 12.1 Å². The van der Waals surface area contributed by atoms with Crippen molar-refractivity contribution >= 4 is 11.5 Å². The van der Waals surface area contributed by atoms with E-state index in [1.807, 2.05) is 7.05 Å². The summed E-state index contributed by atoms with van der Waals surface area (Å²) in [5, 5.41) is 0. The second kappa shape index (κ2) is 7.01. The van der Waals surface area contributed by atoms with Crippen LogP contribution in [0.2, 0.25) is 0 Å². The van der Waals surface area contributed by atoms with Crippen molar-refractivity contribution in [1.82, 2.24) is 4.90 Å². The minimum atomic E-state index is -0.336. The van der Waals surface area contributed by atoms with E-state index in [9.17, 15) is 9.18 Å². The maximum Gasteiger partial charge on any atom is 0.335 e. The Hall–Kier alpha value is -1.76. The molecule has 130 valence electrons. The number of methoxy groups -OCH3 is 2. The Kier molecular flexibility index (Phi) is 4.99. The fourth-order valence-electron chi connectivity index (χ4n) is 3.78. The van der Waals surface area contributed by atoms with Crippen molar-refractivity contribution in [1.29, 1.82) is 0 Å². The van der Waals surface area contributed by atoms with Gasteiger partial charge < -0.3 is 14.2 Å². The summed E-state index contributed by atoms with van der Waals surface area (Å²) in [6.45, 7) is 0.223. The molecule has 2 unspecified atom stereocenters. The number of esters is 1. The van der Waals surface area contributed by atoms with Gasteiger partial charge in [-0.05, 0) is 43.2 Å². The summed E-state index contributed by atoms with van der Waals surface area (Å²) in [6.07, 6.45) is 1.34. The largest absolute Gasteiger partial charge is 0.466 e. The minimum absolute atomic E-state index is 0.0162. The van der Waals surface area contributed by atoms with Gasteiger partial charge in [-0.2, -0.15) is 0 Å². The molecule has 1 saturated heterocycles. The van der Waals surface area contributed by atoms with E-state index in [0.717, 1.165) is 11.1 Å². The number of hydrogen-bond donors (Lipinski definition) is 0. The SMILES string of the molecule is COCO[C@H]1CC2C(C(=O)OC)=C(c3ccc(F)cc3)CC1N2C. The molecule has 0 radical (unpaired) electrons. The normalized spacial score (nSPS) is 26.8. The molecule has 2 aliphatic rings. The molecule has 0 saturated carbocycles. The smallest absolute Gasteiger partial charge is 0.335 e. The Morgan fingerprint density at radius 3 is 2.62 bits per heavy atom. The third-order valence-corrected chi connectivity index (χ3v) is 4.97. The Morgan fingerprint density at radius 1 is 1.29 bits per heavy atom. The predicted octanol–water partition coefficient (Wildman–Crippen LogP) is 2.22. The zero-order valence-electron chi connectivity index (χ0n) is 14.1. The van der Waals surface area contributed by atoms with E-state index < -0.39 is 0 Å². The van der Waals surface area contributed by atoms with Gasteiger partial charge in [0.2, 0.25) is 0 Å². The van der Waals surface area contributed by atoms with Gasteiger partial charge in [0.25, 0.3) is 0 Å². The minimum Gasteiger partial charge on any atom is -0.466 e. The molecule has 5 nitrogen and oxygen atoms in total. The van der Waals surface area contributed by atoms with Crippen LogP contribution in [-0.2, 0) is 19.0 Å². The van der Waals surface area contributed by atoms with E-state index in [1.54, 1.807) is 19.2 Å². The molecule has 0 aliphatic carbocycles. The summed E-state index contributed by atoms with van der Waals surface area (Å²) in [5.74, 6) is -0.631. The van der Waals surface area contributed by atoms with Gasteiger partial charge in [0.15, 0.2) is 0 Å². The average Bonchev–Trinajstić information content (AvgIpc) is 2.79. The van der Waals surface area contributed by atoms with Gasteiger partial charge in [-0.15, -0.1) is 0 Å². The number of likely N-dealkylation sites (N-methyl/N-ethyl adjacent to an activating group) is 1. The molecule has 0 amide bonds. The van der Waals surface area contributed by atoms with Crippen LogP contribution in [0, 0.1) is 5.82 Å². The standard InChI is InChI=1S/C18H22FNO4/c1-20-14-8-13(11-4-6-12(19)7-5-11)17(18(21)23-3)15(20)9-16(14)24-10-22-2/h4-7,14-16H,8-10H2,1-3H3/t14?,15?,16-/m0/s1. The summed E-state index contributed by atoms with van der Waals surface area (Å²) in [5.41, 5.74) is 2.41. The highest BCUT2D eigenvalue weighted by Crippen LogP contribution is 2.43. The molecule has 1 aromatic carbocycles. The lowest BCUT2D eigenvalue weighted by Gasteiger charge is -2.35. The summed E-state index contributed by atoms with van der Waals surface area (Å²) in [6, 6.07) is 6.33. The van der Waals surface area contributed by atoms with Crippen LogP contribution in [0.25, 0.3) is 5.57 Å². The molecule has 2 aliphatic heterocycles. The summed E-state index contributed by atoms with van der Waals surface area (Å²) in [7, 11) is 4.97. The van der Waals surface area contributed by atoms with Crippen molar-refractivity contribution in [3.05, 3.63) is 41.2 Å². The van der Waals surface area contributed by atoms with E-state index in [4.69, 9.17) is 14.2 Å². The van der Waals surface area contributed by atoms with Gasteiger partial charge in [0.05, 0.1) is 18.8 Å². The monoisotopic (exact) mass is 335 g/mol. The number of rotatable bonds is 5. The van der Waals surface area contributed by atoms with Crippen LogP contribution >= 0.6 is 0 Å². The first-order chi connectivity index (χ1) is 11.6. The quantitative estimate of drug-likeness (QED) is 0.610. The number of halogens is 1. The number of carbonyl (C=O) groups is 1. The molecule has 2 bridgehead atoms. The molecule has 2 heterocycles. The molecule has 6 heteroatoms. The number of hydrogen-bond acceptors (Lipinski definition) is 5. The van der Waals surface area contributed by atoms with Crippen LogP contribution < -0.4 is 0 Å². The lowest BCUT2D eigenvalue weighted by atomic mass is 9.88. The average molecular weight is 335 g/mol. The first kappa shape index (κ1) is 17.1. The van der Waals surface area contributed by atoms with Crippen LogP contribution in [0.15, 0.2) is 29.8 Å². The zero-order chi connectivity index (χ0) is 17.3. The van der Waals surface area contributed by atoms with Crippen LogP contribution in [0.4, 0.5) is 4.39 Å². The van der Waals surface area contributed by atoms with Crippen molar-refractivity contribution in [3.8, 4) is 0 Å². The van der Waals surface area contributed by atoms with Gasteiger partial charge in [0.1, 0.15) is 12.6 Å². The molecule has 0 spiro atoms. The van der Waals surface area contributed by atoms with Gasteiger partial charge in [0, 0.05) is 19.2 Å². The highest BCUT2D eigenvalue weighted by Gasteiger charge is 2.48. The molecule has 0 N–H and O–H groups in total. The molecule has 3 atom stereocenters. The van der Waals surface area contributed by atoms with Crippen LogP contribution in [0.3, 0.4) is 0 Å². The topological polar surface area (TPSA) is 48.0 Å². The second-order valence-corrected chi connectivity index (χ2v) is 6.19. The fraction of sp³-hybridized carbons (Fsp3) is 0.500. The number of fused-ring (bicyclic) bond motifs is 2. The van der Waals surface area contributed by atoms with Gasteiger partial charge >= 0.3 is 5.97 Å². The lowest BCUT2D eigenvalue weighted by Crippen LogP contribution is -2.42. The Morgan fingerprint density at radius 2 is 2.00 bits per heavy atom. The Balaban J connectivity index is 1.99. The highest BCUT2D eigenvalue weighted by molar-refractivity contribution is 5.99. The van der Waals surface area contributed by atoms with Crippen LogP contribution in [0.1, 0.15) is 18.4 Å². The lowest BCUT2D eigenvalue weighted by molar-refractivity contribution is -0.136. The Bertz CT molecular complexity index is 643. The highest BCUT2D eigenvalue weighted by atomic mass is 19.1. The number of nitrogens with zero attached hydrogens (tertiary/aromatic N) is 1. The van der Waals surface area contributed by atoms with E-state index in [2.05, 4.69) is 4.90 Å². The van der Waals surface area contributed by atoms with Crippen molar-refractivity contribution in [2.75, 3.05) is 28.1 Å².